The minimum atomic E-state index is -0.102. The highest BCUT2D eigenvalue weighted by Gasteiger charge is 2.34. The Hall–Kier alpha value is -2.15. The van der Waals surface area contributed by atoms with E-state index in [4.69, 9.17) is 5.73 Å². The number of aromatic nitrogens is 2. The van der Waals surface area contributed by atoms with Crippen LogP contribution in [-0.2, 0) is 11.2 Å². The van der Waals surface area contributed by atoms with Crippen LogP contribution in [0.1, 0.15) is 29.3 Å². The number of nitrogen functional groups attached to an aromatic ring is 1. The molecular formula is C17H21N5OS. The lowest BCUT2D eigenvalue weighted by Crippen LogP contribution is -2.50. The molecule has 4 rings (SSSR count). The Balaban J connectivity index is 1.44. The van der Waals surface area contributed by atoms with Gasteiger partial charge in [-0.1, -0.05) is 0 Å². The third-order valence-corrected chi connectivity index (χ3v) is 5.85. The maximum Gasteiger partial charge on any atom is 0.231 e. The summed E-state index contributed by atoms with van der Waals surface area (Å²) in [5, 5.41) is 0.585. The minimum Gasteiger partial charge on any atom is -0.375 e. The Labute approximate surface area is 145 Å². The Morgan fingerprint density at radius 1 is 1.21 bits per heavy atom. The van der Waals surface area contributed by atoms with Gasteiger partial charge in [0.15, 0.2) is 5.13 Å². The number of piperazine rings is 1. The highest BCUT2D eigenvalue weighted by molar-refractivity contribution is 7.15. The molecule has 0 aromatic carbocycles. The number of nitrogens with zero attached hydrogens (tertiary/aromatic N) is 4. The first kappa shape index (κ1) is 15.4. The second-order valence-electron chi connectivity index (χ2n) is 6.32. The van der Waals surface area contributed by atoms with Crippen molar-refractivity contribution in [1.29, 1.82) is 0 Å². The summed E-state index contributed by atoms with van der Waals surface area (Å²) < 4.78 is 0. The number of thiazole rings is 1. The summed E-state index contributed by atoms with van der Waals surface area (Å²) in [6, 6.07) is 4.03. The molecule has 0 spiro atoms. The summed E-state index contributed by atoms with van der Waals surface area (Å²) >= 11 is 1.54. The topological polar surface area (TPSA) is 75.3 Å². The molecule has 1 fully saturated rings. The van der Waals surface area contributed by atoms with E-state index in [-0.39, 0.29) is 11.8 Å². The monoisotopic (exact) mass is 343 g/mol. The molecule has 1 aliphatic carbocycles. The number of pyridine rings is 1. The lowest BCUT2D eigenvalue weighted by Gasteiger charge is -2.38. The zero-order valence-corrected chi connectivity index (χ0v) is 14.3. The molecule has 2 aromatic heterocycles. The molecule has 0 bridgehead atoms. The van der Waals surface area contributed by atoms with Crippen LogP contribution in [0.15, 0.2) is 24.5 Å². The molecule has 7 heteroatoms. The average Bonchev–Trinajstić information content (AvgIpc) is 3.02. The van der Waals surface area contributed by atoms with Crippen LogP contribution in [0.3, 0.4) is 0 Å². The second-order valence-corrected chi connectivity index (χ2v) is 7.44. The number of amides is 1. The van der Waals surface area contributed by atoms with Crippen LogP contribution in [0, 0.1) is 0 Å². The average molecular weight is 343 g/mol. The van der Waals surface area contributed by atoms with Gasteiger partial charge in [0.1, 0.15) is 0 Å². The number of nitrogens with two attached hydrogens (primary N) is 1. The van der Waals surface area contributed by atoms with Gasteiger partial charge < -0.3 is 15.5 Å². The van der Waals surface area contributed by atoms with Crippen molar-refractivity contribution in [2.75, 3.05) is 36.8 Å². The highest BCUT2D eigenvalue weighted by Crippen LogP contribution is 2.37. The lowest BCUT2D eigenvalue weighted by atomic mass is 9.89. The van der Waals surface area contributed by atoms with Crippen LogP contribution >= 0.6 is 11.3 Å². The summed E-state index contributed by atoms with van der Waals surface area (Å²) in [6.07, 6.45) is 6.55. The molecule has 0 radical (unpaired) electrons. The number of fused-ring (bicyclic) bond motifs is 1. The van der Waals surface area contributed by atoms with E-state index >= 15 is 0 Å². The fraction of sp³-hybridized carbons (Fsp3) is 0.471. The van der Waals surface area contributed by atoms with Crippen LogP contribution < -0.4 is 10.6 Å². The van der Waals surface area contributed by atoms with Crippen molar-refractivity contribution in [3.05, 3.63) is 35.1 Å². The summed E-state index contributed by atoms with van der Waals surface area (Å²) in [7, 11) is 0. The summed E-state index contributed by atoms with van der Waals surface area (Å²) in [6.45, 7) is 3.22. The Kier molecular flexibility index (Phi) is 4.10. The zero-order chi connectivity index (χ0) is 16.5. The SMILES string of the molecule is Nc1nc2c(s1)CCCC2C(=O)N1CCN(c2ccncc2)CC1. The number of aryl methyl sites for hydroxylation is 1. The van der Waals surface area contributed by atoms with Gasteiger partial charge in [0.2, 0.25) is 5.91 Å². The first-order chi connectivity index (χ1) is 11.7. The van der Waals surface area contributed by atoms with E-state index < -0.39 is 0 Å². The van der Waals surface area contributed by atoms with Crippen LogP contribution in [0.25, 0.3) is 0 Å². The van der Waals surface area contributed by atoms with Gasteiger partial charge in [0.05, 0.1) is 11.6 Å². The van der Waals surface area contributed by atoms with Gasteiger partial charge in [-0.2, -0.15) is 0 Å². The predicted molar refractivity (Wildman–Crippen MR) is 95.2 cm³/mol. The van der Waals surface area contributed by atoms with Gasteiger partial charge in [-0.3, -0.25) is 9.78 Å². The summed E-state index contributed by atoms with van der Waals surface area (Å²) in [4.78, 5) is 27.0. The molecule has 1 aliphatic heterocycles. The third kappa shape index (κ3) is 2.84. The Morgan fingerprint density at radius 3 is 2.71 bits per heavy atom. The van der Waals surface area contributed by atoms with Gasteiger partial charge in [0.25, 0.3) is 0 Å². The number of carbonyl (C=O) groups excluding carboxylic acids is 1. The maximum absolute atomic E-state index is 13.0. The first-order valence-electron chi connectivity index (χ1n) is 8.41. The van der Waals surface area contributed by atoms with E-state index in [9.17, 15) is 4.79 Å². The van der Waals surface area contributed by atoms with Crippen molar-refractivity contribution in [2.24, 2.45) is 0 Å². The number of hydrogen-bond acceptors (Lipinski definition) is 6. The molecule has 0 saturated carbocycles. The summed E-state index contributed by atoms with van der Waals surface area (Å²) in [5.74, 6) is 0.116. The predicted octanol–water partition coefficient (Wildman–Crippen LogP) is 1.89. The largest absolute Gasteiger partial charge is 0.375 e. The van der Waals surface area contributed by atoms with Crippen molar-refractivity contribution < 1.29 is 4.79 Å². The quantitative estimate of drug-likeness (QED) is 0.901. The van der Waals surface area contributed by atoms with Crippen molar-refractivity contribution in [3.8, 4) is 0 Å². The highest BCUT2D eigenvalue weighted by atomic mass is 32.1. The van der Waals surface area contributed by atoms with Crippen LogP contribution in [-0.4, -0.2) is 47.0 Å². The standard InChI is InChI=1S/C17H21N5OS/c18-17-20-15-13(2-1-3-14(15)24-17)16(23)22-10-8-21(9-11-22)12-4-6-19-7-5-12/h4-7,13H,1-3,8-11H2,(H2,18,20). The van der Waals surface area contributed by atoms with Crippen molar-refractivity contribution in [3.63, 3.8) is 0 Å². The van der Waals surface area contributed by atoms with Gasteiger partial charge in [-0.25, -0.2) is 4.98 Å². The third-order valence-electron chi connectivity index (χ3n) is 4.89. The molecule has 24 heavy (non-hydrogen) atoms. The zero-order valence-electron chi connectivity index (χ0n) is 13.5. The molecule has 6 nitrogen and oxygen atoms in total. The maximum atomic E-state index is 13.0. The number of carbonyl (C=O) groups is 1. The van der Waals surface area contributed by atoms with E-state index in [2.05, 4.69) is 14.9 Å². The fourth-order valence-electron chi connectivity index (χ4n) is 3.64. The molecule has 1 saturated heterocycles. The van der Waals surface area contributed by atoms with E-state index in [1.807, 2.05) is 29.4 Å². The molecule has 1 unspecified atom stereocenters. The van der Waals surface area contributed by atoms with E-state index in [1.165, 1.54) is 21.9 Å². The van der Waals surface area contributed by atoms with Gasteiger partial charge >= 0.3 is 0 Å². The normalized spacial score (nSPS) is 20.8. The molecule has 1 atom stereocenters. The molecule has 2 aromatic rings. The van der Waals surface area contributed by atoms with Crippen LogP contribution in [0.5, 0.6) is 0 Å². The Bertz CT molecular complexity index is 724. The van der Waals surface area contributed by atoms with E-state index in [0.29, 0.717) is 5.13 Å². The number of anilines is 2. The fourth-order valence-corrected chi connectivity index (χ4v) is 4.57. The number of rotatable bonds is 2. The van der Waals surface area contributed by atoms with Crippen LogP contribution in [0.2, 0.25) is 0 Å². The van der Waals surface area contributed by atoms with Crippen molar-refractivity contribution in [2.45, 2.75) is 25.2 Å². The number of hydrogen-bond donors (Lipinski definition) is 1. The van der Waals surface area contributed by atoms with Gasteiger partial charge in [0, 0.05) is 49.1 Å². The van der Waals surface area contributed by atoms with E-state index in [0.717, 1.165) is 51.1 Å². The minimum absolute atomic E-state index is 0.102. The van der Waals surface area contributed by atoms with Crippen molar-refractivity contribution >= 4 is 28.1 Å². The smallest absolute Gasteiger partial charge is 0.231 e. The molecule has 1 amide bonds. The summed E-state index contributed by atoms with van der Waals surface area (Å²) in [5.41, 5.74) is 7.96. The second kappa shape index (κ2) is 6.39. The first-order valence-corrected chi connectivity index (χ1v) is 9.23. The van der Waals surface area contributed by atoms with Crippen molar-refractivity contribution in [1.82, 2.24) is 14.9 Å². The van der Waals surface area contributed by atoms with Gasteiger partial charge in [-0.05, 0) is 31.4 Å². The van der Waals surface area contributed by atoms with Crippen LogP contribution in [0.4, 0.5) is 10.8 Å². The Morgan fingerprint density at radius 2 is 1.96 bits per heavy atom. The molecular weight excluding hydrogens is 322 g/mol. The molecule has 2 N–H and O–H groups in total. The van der Waals surface area contributed by atoms with Gasteiger partial charge in [-0.15, -0.1) is 11.3 Å². The van der Waals surface area contributed by atoms with E-state index in [1.54, 1.807) is 0 Å². The molecule has 2 aliphatic rings. The molecule has 3 heterocycles. The lowest BCUT2D eigenvalue weighted by molar-refractivity contribution is -0.133. The molecule has 126 valence electrons.